The molecule has 2 aromatic rings. The van der Waals surface area contributed by atoms with E-state index in [2.05, 4.69) is 10.3 Å². The molecule has 0 saturated carbocycles. The maximum Gasteiger partial charge on any atom is 0.348 e. The number of thiophene rings is 1. The number of carbonyl (C=O) groups is 2. The highest BCUT2D eigenvalue weighted by atomic mass is 35.5. The summed E-state index contributed by atoms with van der Waals surface area (Å²) in [6.45, 7) is 1.32. The van der Waals surface area contributed by atoms with Crippen molar-refractivity contribution >= 4 is 52.2 Å². The van der Waals surface area contributed by atoms with Gasteiger partial charge < -0.3 is 10.1 Å². The summed E-state index contributed by atoms with van der Waals surface area (Å²) in [7, 11) is 0. The van der Waals surface area contributed by atoms with Crippen molar-refractivity contribution in [3.05, 3.63) is 43.2 Å². The van der Waals surface area contributed by atoms with Gasteiger partial charge in [-0.15, -0.1) is 11.3 Å². The van der Waals surface area contributed by atoms with Crippen molar-refractivity contribution in [2.24, 2.45) is 0 Å². The monoisotopic (exact) mass is 398 g/mol. The van der Waals surface area contributed by atoms with Crippen molar-refractivity contribution in [2.45, 2.75) is 32.6 Å². The molecule has 1 aliphatic carbocycles. The number of esters is 1. The summed E-state index contributed by atoms with van der Waals surface area (Å²) in [4.78, 5) is 29.9. The van der Waals surface area contributed by atoms with Crippen molar-refractivity contribution in [3.8, 4) is 0 Å². The summed E-state index contributed by atoms with van der Waals surface area (Å²) in [6.07, 6.45) is 5.71. The van der Waals surface area contributed by atoms with Crippen molar-refractivity contribution < 1.29 is 14.3 Å². The molecule has 0 spiro atoms. The number of anilines is 1. The number of nitrogens with zero attached hydrogens (tertiary/aromatic N) is 1. The zero-order valence-corrected chi connectivity index (χ0v) is 15.9. The molecule has 1 aliphatic rings. The van der Waals surface area contributed by atoms with E-state index in [1.165, 1.54) is 28.0 Å². The Morgan fingerprint density at radius 2 is 2.08 bits per heavy atom. The second-order valence-corrected chi connectivity index (χ2v) is 7.71. The van der Waals surface area contributed by atoms with Crippen LogP contribution in [0.1, 0.15) is 38.5 Å². The van der Waals surface area contributed by atoms with Gasteiger partial charge in [0.05, 0.1) is 10.0 Å². The second kappa shape index (κ2) is 7.72. The lowest BCUT2D eigenvalue weighted by Gasteiger charge is -2.09. The Hall–Kier alpha value is -1.63. The van der Waals surface area contributed by atoms with Crippen LogP contribution in [0.25, 0.3) is 0 Å². The minimum atomic E-state index is -0.509. The number of nitrogens with one attached hydrogen (secondary N) is 1. The summed E-state index contributed by atoms with van der Waals surface area (Å²) in [5.74, 6) is -0.803. The van der Waals surface area contributed by atoms with Crippen LogP contribution in [0.4, 0.5) is 5.82 Å². The number of ether oxygens (including phenoxy) is 1. The topological polar surface area (TPSA) is 68.3 Å². The number of fused-ring (bicyclic) bond motifs is 1. The van der Waals surface area contributed by atoms with Crippen LogP contribution in [-0.4, -0.2) is 23.5 Å². The Morgan fingerprint density at radius 3 is 2.84 bits per heavy atom. The van der Waals surface area contributed by atoms with Gasteiger partial charge in [-0.05, 0) is 49.8 Å². The largest absolute Gasteiger partial charge is 0.451 e. The van der Waals surface area contributed by atoms with Crippen molar-refractivity contribution in [1.29, 1.82) is 0 Å². The van der Waals surface area contributed by atoms with Crippen LogP contribution in [0.3, 0.4) is 0 Å². The molecular formula is C17H16Cl2N2O3S. The first kappa shape index (κ1) is 18.2. The fourth-order valence-corrected chi connectivity index (χ4v) is 4.14. The van der Waals surface area contributed by atoms with Gasteiger partial charge in [0.25, 0.3) is 5.91 Å². The van der Waals surface area contributed by atoms with Crippen molar-refractivity contribution in [3.63, 3.8) is 0 Å². The number of amides is 1. The highest BCUT2D eigenvalue weighted by Crippen LogP contribution is 2.30. The van der Waals surface area contributed by atoms with E-state index in [4.69, 9.17) is 27.9 Å². The lowest BCUT2D eigenvalue weighted by atomic mass is 9.99. The second-order valence-electron chi connectivity index (χ2n) is 5.78. The van der Waals surface area contributed by atoms with E-state index in [9.17, 15) is 9.59 Å². The Labute approximate surface area is 159 Å². The molecule has 8 heteroatoms. The number of rotatable bonds is 4. The normalized spacial score (nSPS) is 13.2. The number of aryl methyl sites for hydroxylation is 2. The molecule has 0 unspecified atom stereocenters. The number of halogens is 2. The van der Waals surface area contributed by atoms with Crippen LogP contribution in [0.2, 0.25) is 10.0 Å². The zero-order chi connectivity index (χ0) is 18.0. The number of hydrogen-bond acceptors (Lipinski definition) is 5. The Kier molecular flexibility index (Phi) is 5.61. The van der Waals surface area contributed by atoms with Crippen LogP contribution in [0, 0.1) is 6.92 Å². The first-order valence-corrected chi connectivity index (χ1v) is 9.42. The van der Waals surface area contributed by atoms with E-state index in [0.717, 1.165) is 25.7 Å². The van der Waals surface area contributed by atoms with Gasteiger partial charge >= 0.3 is 5.97 Å². The predicted octanol–water partition coefficient (Wildman–Crippen LogP) is 4.43. The van der Waals surface area contributed by atoms with E-state index in [0.29, 0.717) is 15.5 Å². The van der Waals surface area contributed by atoms with E-state index in [1.807, 2.05) is 6.07 Å². The van der Waals surface area contributed by atoms with Gasteiger partial charge in [-0.3, -0.25) is 4.79 Å². The quantitative estimate of drug-likeness (QED) is 0.773. The van der Waals surface area contributed by atoms with Crippen LogP contribution in [0.15, 0.2) is 12.3 Å². The summed E-state index contributed by atoms with van der Waals surface area (Å²) in [6, 6.07) is 1.88. The maximum atomic E-state index is 12.1. The highest BCUT2D eigenvalue weighted by molar-refractivity contribution is 7.14. The molecule has 0 saturated heterocycles. The molecule has 0 radical (unpaired) electrons. The number of hydrogen-bond donors (Lipinski definition) is 1. The van der Waals surface area contributed by atoms with Gasteiger partial charge in [0.1, 0.15) is 4.88 Å². The standard InChI is InChI=1S/C17H16Cl2N2O3S/c1-9-11(18)7-20-16(15(9)19)21-14(22)8-24-17(23)13-6-10-4-2-3-5-12(10)25-13/h6-7H,2-5,8H2,1H3,(H,20,21,22). The van der Waals surface area contributed by atoms with Gasteiger partial charge in [0.15, 0.2) is 12.4 Å². The van der Waals surface area contributed by atoms with E-state index in [1.54, 1.807) is 6.92 Å². The third-order valence-electron chi connectivity index (χ3n) is 3.99. The third-order valence-corrected chi connectivity index (χ3v) is 6.05. The average molecular weight is 399 g/mol. The molecule has 25 heavy (non-hydrogen) atoms. The fraction of sp³-hybridized carbons (Fsp3) is 0.353. The summed E-state index contributed by atoms with van der Waals surface area (Å²) in [5, 5.41) is 3.19. The van der Waals surface area contributed by atoms with Crippen molar-refractivity contribution in [1.82, 2.24) is 4.98 Å². The smallest absolute Gasteiger partial charge is 0.348 e. The molecule has 0 aliphatic heterocycles. The minimum absolute atomic E-state index is 0.191. The summed E-state index contributed by atoms with van der Waals surface area (Å²) < 4.78 is 5.10. The molecule has 0 bridgehead atoms. The summed E-state index contributed by atoms with van der Waals surface area (Å²) >= 11 is 13.5. The van der Waals surface area contributed by atoms with E-state index in [-0.39, 0.29) is 10.8 Å². The van der Waals surface area contributed by atoms with Gasteiger partial charge in [-0.25, -0.2) is 9.78 Å². The predicted molar refractivity (Wildman–Crippen MR) is 98.9 cm³/mol. The van der Waals surface area contributed by atoms with E-state index >= 15 is 0 Å². The molecule has 5 nitrogen and oxygen atoms in total. The lowest BCUT2D eigenvalue weighted by Crippen LogP contribution is -2.21. The molecule has 2 aromatic heterocycles. The summed E-state index contributed by atoms with van der Waals surface area (Å²) in [5.41, 5.74) is 1.84. The van der Waals surface area contributed by atoms with Crippen LogP contribution in [0.5, 0.6) is 0 Å². The van der Waals surface area contributed by atoms with Gasteiger partial charge in [0.2, 0.25) is 0 Å². The molecular weight excluding hydrogens is 383 g/mol. The highest BCUT2D eigenvalue weighted by Gasteiger charge is 2.19. The van der Waals surface area contributed by atoms with E-state index < -0.39 is 18.5 Å². The van der Waals surface area contributed by atoms with Crippen LogP contribution in [-0.2, 0) is 22.4 Å². The fourth-order valence-electron chi connectivity index (χ4n) is 2.61. The number of aromatic nitrogens is 1. The zero-order valence-electron chi connectivity index (χ0n) is 13.5. The molecule has 3 rings (SSSR count). The Balaban J connectivity index is 1.58. The first-order valence-electron chi connectivity index (χ1n) is 7.85. The SMILES string of the molecule is Cc1c(Cl)cnc(NC(=O)COC(=O)c2cc3c(s2)CCCC3)c1Cl. The van der Waals surface area contributed by atoms with Gasteiger partial charge in [0, 0.05) is 11.1 Å². The molecule has 2 heterocycles. The number of pyridine rings is 1. The Bertz CT molecular complexity index is 812. The minimum Gasteiger partial charge on any atom is -0.451 e. The molecule has 0 fully saturated rings. The number of carbonyl (C=O) groups excluding carboxylic acids is 2. The van der Waals surface area contributed by atoms with Crippen LogP contribution < -0.4 is 5.32 Å². The van der Waals surface area contributed by atoms with Crippen LogP contribution >= 0.6 is 34.5 Å². The molecule has 0 aromatic carbocycles. The first-order chi connectivity index (χ1) is 12.0. The molecule has 0 atom stereocenters. The van der Waals surface area contributed by atoms with Gasteiger partial charge in [-0.2, -0.15) is 0 Å². The molecule has 1 amide bonds. The Morgan fingerprint density at radius 1 is 1.32 bits per heavy atom. The third kappa shape index (κ3) is 4.14. The van der Waals surface area contributed by atoms with Crippen molar-refractivity contribution in [2.75, 3.05) is 11.9 Å². The molecule has 1 N–H and O–H groups in total. The average Bonchev–Trinajstić information content (AvgIpc) is 3.04. The lowest BCUT2D eigenvalue weighted by molar-refractivity contribution is -0.119. The van der Waals surface area contributed by atoms with Gasteiger partial charge in [-0.1, -0.05) is 23.2 Å². The maximum absolute atomic E-state index is 12.1. The molecule has 132 valence electrons.